The summed E-state index contributed by atoms with van der Waals surface area (Å²) in [6.45, 7) is 8.17. The van der Waals surface area contributed by atoms with Gasteiger partial charge in [0.2, 0.25) is 0 Å². The van der Waals surface area contributed by atoms with E-state index in [1.165, 1.54) is 18.2 Å². The molecule has 0 unspecified atom stereocenters. The van der Waals surface area contributed by atoms with Crippen LogP contribution >= 0.6 is 0 Å². The zero-order chi connectivity index (χ0) is 24.5. The molecule has 0 spiro atoms. The number of nitro benzene ring substituents is 1. The van der Waals surface area contributed by atoms with Gasteiger partial charge in [0.05, 0.1) is 22.7 Å². The second kappa shape index (κ2) is 12.0. The molecule has 0 aliphatic rings. The molecule has 7 heteroatoms. The van der Waals surface area contributed by atoms with Crippen LogP contribution in [-0.2, 0) is 16.3 Å². The van der Waals surface area contributed by atoms with Gasteiger partial charge in [-0.05, 0) is 48.6 Å². The van der Waals surface area contributed by atoms with Crippen LogP contribution in [0.15, 0.2) is 60.0 Å². The van der Waals surface area contributed by atoms with Gasteiger partial charge in [0, 0.05) is 17.5 Å². The predicted octanol–water partition coefficient (Wildman–Crippen LogP) is 6.52. The number of unbranched alkanes of at least 4 members (excludes halogenated alkanes) is 2. The topological polar surface area (TPSA) is 86.5 Å². The minimum Gasteiger partial charge on any atom is -0.497 e. The molecule has 0 radical (unpaired) electrons. The number of non-ortho nitro benzene ring substituents is 1. The lowest BCUT2D eigenvalue weighted by molar-refractivity contribution is -0.385. The zero-order valence-electron chi connectivity index (χ0n) is 19.9. The van der Waals surface area contributed by atoms with E-state index in [0.717, 1.165) is 44.1 Å². The fourth-order valence-electron chi connectivity index (χ4n) is 4.13. The molecule has 33 heavy (non-hydrogen) atoms. The largest absolute Gasteiger partial charge is 0.497 e. The molecule has 2 aromatic carbocycles. The number of nitro groups is 1. The number of hydrogen-bond donors (Lipinski definition) is 0. The van der Waals surface area contributed by atoms with Gasteiger partial charge in [-0.15, -0.1) is 6.58 Å². The molecule has 2 aromatic rings. The van der Waals surface area contributed by atoms with Crippen LogP contribution in [0.2, 0.25) is 0 Å². The van der Waals surface area contributed by atoms with Crippen LogP contribution in [0.5, 0.6) is 5.75 Å². The fourth-order valence-corrected chi connectivity index (χ4v) is 6.26. The van der Waals surface area contributed by atoms with E-state index in [1.54, 1.807) is 19.2 Å². The van der Waals surface area contributed by atoms with Gasteiger partial charge in [-0.3, -0.25) is 10.1 Å². The smallest absolute Gasteiger partial charge is 0.269 e. The number of sulfone groups is 1. The normalized spacial score (nSPS) is 11.8. The summed E-state index contributed by atoms with van der Waals surface area (Å²) >= 11 is 0. The molecule has 0 heterocycles. The molecule has 0 bridgehead atoms. The first-order valence-electron chi connectivity index (χ1n) is 11.5. The number of rotatable bonds is 14. The van der Waals surface area contributed by atoms with Crippen LogP contribution in [0.25, 0.3) is 0 Å². The third-order valence-electron chi connectivity index (χ3n) is 6.11. The van der Waals surface area contributed by atoms with Crippen molar-refractivity contribution in [3.05, 3.63) is 76.4 Å². The molecule has 0 fully saturated rings. The first-order chi connectivity index (χ1) is 15.7. The van der Waals surface area contributed by atoms with Gasteiger partial charge in [0.15, 0.2) is 9.84 Å². The number of ether oxygens (including phenoxy) is 1. The van der Waals surface area contributed by atoms with E-state index in [0.29, 0.717) is 11.3 Å². The molecule has 0 aliphatic heterocycles. The Balaban J connectivity index is 2.49. The highest BCUT2D eigenvalue weighted by Crippen LogP contribution is 2.37. The molecule has 0 saturated carbocycles. The molecule has 0 aromatic heterocycles. The molecule has 180 valence electrons. The lowest BCUT2D eigenvalue weighted by Gasteiger charge is -2.31. The Morgan fingerprint density at radius 1 is 1.06 bits per heavy atom. The van der Waals surface area contributed by atoms with E-state index in [1.807, 2.05) is 18.2 Å². The van der Waals surface area contributed by atoms with E-state index in [2.05, 4.69) is 20.4 Å². The first-order valence-corrected chi connectivity index (χ1v) is 13.1. The van der Waals surface area contributed by atoms with Gasteiger partial charge >= 0.3 is 0 Å². The number of benzene rings is 2. The third kappa shape index (κ3) is 7.16. The second-order valence-corrected chi connectivity index (χ2v) is 10.6. The Labute approximate surface area is 197 Å². The first kappa shape index (κ1) is 26.6. The lowest BCUT2D eigenvalue weighted by atomic mass is 9.80. The molecule has 0 atom stereocenters. The summed E-state index contributed by atoms with van der Waals surface area (Å²) in [7, 11) is -2.14. The Morgan fingerprint density at radius 3 is 2.15 bits per heavy atom. The van der Waals surface area contributed by atoms with Crippen molar-refractivity contribution in [3.8, 4) is 5.75 Å². The van der Waals surface area contributed by atoms with E-state index in [-0.39, 0.29) is 22.8 Å². The van der Waals surface area contributed by atoms with Crippen LogP contribution in [-0.4, -0.2) is 26.2 Å². The van der Waals surface area contributed by atoms with Crippen molar-refractivity contribution in [2.45, 2.75) is 63.7 Å². The third-order valence-corrected chi connectivity index (χ3v) is 8.13. The number of hydrogen-bond acceptors (Lipinski definition) is 5. The van der Waals surface area contributed by atoms with Crippen molar-refractivity contribution in [3.63, 3.8) is 0 Å². The lowest BCUT2D eigenvalue weighted by Crippen LogP contribution is -2.29. The summed E-state index contributed by atoms with van der Waals surface area (Å²) in [6, 6.07) is 11.3. The quantitative estimate of drug-likeness (QED) is 0.177. The van der Waals surface area contributed by atoms with Gasteiger partial charge in [-0.2, -0.15) is 0 Å². The van der Waals surface area contributed by atoms with E-state index in [4.69, 9.17) is 4.74 Å². The number of allylic oxidation sites excluding steroid dienone is 1. The standard InChI is InChI=1S/C26H35NO5S/c1-5-8-16-26(7-3,17-9-6-2)20-33(30,31)25-15-12-23(27(28)29)19-22(25)18-21-10-13-24(32-4)14-11-21/h7,10-15,19H,3,5-6,8-9,16-18,20H2,1-2,4H3. The van der Waals surface area contributed by atoms with Gasteiger partial charge in [-0.1, -0.05) is 57.7 Å². The van der Waals surface area contributed by atoms with Gasteiger partial charge in [0.25, 0.3) is 5.69 Å². The van der Waals surface area contributed by atoms with E-state index in [9.17, 15) is 18.5 Å². The Morgan fingerprint density at radius 2 is 1.67 bits per heavy atom. The van der Waals surface area contributed by atoms with Gasteiger partial charge in [0.1, 0.15) is 5.75 Å². The molecule has 0 aliphatic carbocycles. The van der Waals surface area contributed by atoms with E-state index < -0.39 is 20.2 Å². The summed E-state index contributed by atoms with van der Waals surface area (Å²) < 4.78 is 32.6. The van der Waals surface area contributed by atoms with E-state index >= 15 is 0 Å². The van der Waals surface area contributed by atoms with Crippen LogP contribution in [0.1, 0.15) is 63.5 Å². The number of nitrogens with zero attached hydrogens (tertiary/aromatic N) is 1. The maximum absolute atomic E-state index is 13.7. The minimum absolute atomic E-state index is 0.0447. The molecule has 0 saturated heterocycles. The Hall–Kier alpha value is -2.67. The van der Waals surface area contributed by atoms with Crippen LogP contribution < -0.4 is 4.74 Å². The Kier molecular flexibility index (Phi) is 9.65. The zero-order valence-corrected chi connectivity index (χ0v) is 20.7. The molecule has 0 N–H and O–H groups in total. The SMILES string of the molecule is C=CC(CCCC)(CCCC)CS(=O)(=O)c1ccc([N+](=O)[O-])cc1Cc1ccc(OC)cc1. The number of methoxy groups -OCH3 is 1. The highest BCUT2D eigenvalue weighted by molar-refractivity contribution is 7.91. The van der Waals surface area contributed by atoms with Crippen molar-refractivity contribution in [1.29, 1.82) is 0 Å². The maximum atomic E-state index is 13.7. The molecular weight excluding hydrogens is 438 g/mol. The maximum Gasteiger partial charge on any atom is 0.269 e. The highest BCUT2D eigenvalue weighted by atomic mass is 32.2. The minimum atomic E-state index is -3.72. The summed E-state index contributed by atoms with van der Waals surface area (Å²) in [5.41, 5.74) is 0.645. The van der Waals surface area contributed by atoms with Crippen molar-refractivity contribution in [2.24, 2.45) is 5.41 Å². The van der Waals surface area contributed by atoms with Crippen LogP contribution in [0, 0.1) is 15.5 Å². The monoisotopic (exact) mass is 473 g/mol. The second-order valence-electron chi connectivity index (χ2n) is 8.61. The predicted molar refractivity (Wildman–Crippen MR) is 133 cm³/mol. The van der Waals surface area contributed by atoms with Crippen molar-refractivity contribution >= 4 is 15.5 Å². The Bertz CT molecular complexity index is 1040. The average Bonchev–Trinajstić information content (AvgIpc) is 2.81. The van der Waals surface area contributed by atoms with Gasteiger partial charge < -0.3 is 4.74 Å². The van der Waals surface area contributed by atoms with Gasteiger partial charge in [-0.25, -0.2) is 8.42 Å². The summed E-state index contributed by atoms with van der Waals surface area (Å²) in [5.74, 6) is 0.643. The summed E-state index contributed by atoms with van der Waals surface area (Å²) in [4.78, 5) is 11.0. The fraction of sp³-hybridized carbons (Fsp3) is 0.462. The van der Waals surface area contributed by atoms with Crippen LogP contribution in [0.3, 0.4) is 0 Å². The molecule has 0 amide bonds. The van der Waals surface area contributed by atoms with Crippen molar-refractivity contribution < 1.29 is 18.1 Å². The highest BCUT2D eigenvalue weighted by Gasteiger charge is 2.34. The summed E-state index contributed by atoms with van der Waals surface area (Å²) in [5, 5.41) is 11.4. The van der Waals surface area contributed by atoms with Crippen LogP contribution in [0.4, 0.5) is 5.69 Å². The van der Waals surface area contributed by atoms with Crippen molar-refractivity contribution in [1.82, 2.24) is 0 Å². The summed E-state index contributed by atoms with van der Waals surface area (Å²) in [6.07, 6.45) is 7.38. The molecule has 6 nitrogen and oxygen atoms in total. The van der Waals surface area contributed by atoms with Crippen molar-refractivity contribution in [2.75, 3.05) is 12.9 Å². The average molecular weight is 474 g/mol. The molecule has 2 rings (SSSR count). The molecular formula is C26H35NO5S.